The van der Waals surface area contributed by atoms with Gasteiger partial charge in [-0.1, -0.05) is 23.9 Å². The number of nitrogens with one attached hydrogen (secondary N) is 1. The molecule has 1 N–H and O–H groups in total. The van der Waals surface area contributed by atoms with Crippen LogP contribution in [0, 0.1) is 5.92 Å². The minimum absolute atomic E-state index is 0.0557. The minimum Gasteiger partial charge on any atom is -0.493 e. The first-order chi connectivity index (χ1) is 12.7. The highest BCUT2D eigenvalue weighted by atomic mass is 32.2. The van der Waals surface area contributed by atoms with Crippen LogP contribution in [0.15, 0.2) is 34.3 Å². The van der Waals surface area contributed by atoms with Gasteiger partial charge in [0.25, 0.3) is 0 Å². The molecule has 3 heterocycles. The molecule has 7 heteroatoms. The van der Waals surface area contributed by atoms with Gasteiger partial charge < -0.3 is 19.7 Å². The van der Waals surface area contributed by atoms with Crippen LogP contribution in [-0.4, -0.2) is 49.3 Å². The van der Waals surface area contributed by atoms with Gasteiger partial charge in [0.05, 0.1) is 20.1 Å². The Labute approximate surface area is 157 Å². The van der Waals surface area contributed by atoms with Crippen molar-refractivity contribution in [3.8, 4) is 11.5 Å². The average molecular weight is 373 g/mol. The maximum Gasteiger partial charge on any atom is 0.225 e. The number of hydrogen-bond acceptors (Lipinski definition) is 6. The molecule has 0 fully saturated rings. The molecule has 0 bridgehead atoms. The van der Waals surface area contributed by atoms with Gasteiger partial charge in [-0.3, -0.25) is 9.79 Å². The molecule has 138 valence electrons. The number of rotatable bonds is 5. The second kappa shape index (κ2) is 7.61. The smallest absolute Gasteiger partial charge is 0.225 e. The molecule has 3 aliphatic rings. The van der Waals surface area contributed by atoms with E-state index in [4.69, 9.17) is 9.47 Å². The molecule has 4 rings (SSSR count). The summed E-state index contributed by atoms with van der Waals surface area (Å²) in [5.41, 5.74) is 2.19. The molecular weight excluding hydrogens is 350 g/mol. The Bertz CT molecular complexity index is 762. The summed E-state index contributed by atoms with van der Waals surface area (Å²) < 4.78 is 11.2. The number of para-hydroxylation sites is 1. The Morgan fingerprint density at radius 2 is 2.42 bits per heavy atom. The number of aliphatic imine (C=N–C) groups is 1. The van der Waals surface area contributed by atoms with Gasteiger partial charge in [-0.15, -0.1) is 0 Å². The number of carbonyl (C=O) groups excluding carboxylic acids is 1. The predicted molar refractivity (Wildman–Crippen MR) is 103 cm³/mol. The summed E-state index contributed by atoms with van der Waals surface area (Å²) >= 11 is 1.62. The van der Waals surface area contributed by atoms with Crippen LogP contribution < -0.4 is 14.8 Å². The number of fused-ring (bicyclic) bond motifs is 2. The summed E-state index contributed by atoms with van der Waals surface area (Å²) in [6.07, 6.45) is 2.34. The van der Waals surface area contributed by atoms with Crippen molar-refractivity contribution in [2.24, 2.45) is 10.9 Å². The third kappa shape index (κ3) is 3.53. The van der Waals surface area contributed by atoms with Crippen LogP contribution >= 0.6 is 11.8 Å². The van der Waals surface area contributed by atoms with Crippen molar-refractivity contribution in [3.63, 3.8) is 0 Å². The first kappa shape index (κ1) is 17.3. The first-order valence-corrected chi connectivity index (χ1v) is 9.85. The largest absolute Gasteiger partial charge is 0.493 e. The zero-order valence-corrected chi connectivity index (χ0v) is 15.7. The lowest BCUT2D eigenvalue weighted by Gasteiger charge is -2.27. The molecule has 3 aliphatic heterocycles. The molecule has 0 spiro atoms. The van der Waals surface area contributed by atoms with Gasteiger partial charge in [-0.2, -0.15) is 0 Å². The fourth-order valence-corrected chi connectivity index (χ4v) is 4.46. The molecule has 0 unspecified atom stereocenters. The van der Waals surface area contributed by atoms with Crippen molar-refractivity contribution >= 4 is 22.8 Å². The van der Waals surface area contributed by atoms with E-state index >= 15 is 0 Å². The van der Waals surface area contributed by atoms with Gasteiger partial charge >= 0.3 is 0 Å². The second-order valence-electron chi connectivity index (χ2n) is 6.71. The van der Waals surface area contributed by atoms with Crippen molar-refractivity contribution in [2.75, 3.05) is 33.4 Å². The van der Waals surface area contributed by atoms with E-state index < -0.39 is 0 Å². The molecule has 0 aromatic heterocycles. The number of carbonyl (C=O) groups is 1. The van der Waals surface area contributed by atoms with Crippen molar-refractivity contribution in [2.45, 2.75) is 19.3 Å². The number of nitrogens with zero attached hydrogens (tertiary/aromatic N) is 2. The molecule has 1 aromatic rings. The molecule has 1 amide bonds. The van der Waals surface area contributed by atoms with Gasteiger partial charge in [0.15, 0.2) is 16.7 Å². The summed E-state index contributed by atoms with van der Waals surface area (Å²) in [6, 6.07) is 5.94. The topological polar surface area (TPSA) is 63.2 Å². The molecule has 0 radical (unpaired) electrons. The van der Waals surface area contributed by atoms with Gasteiger partial charge in [0, 0.05) is 31.2 Å². The summed E-state index contributed by atoms with van der Waals surface area (Å²) in [5.74, 6) is 1.94. The zero-order chi connectivity index (χ0) is 17.9. The van der Waals surface area contributed by atoms with Gasteiger partial charge in [0.2, 0.25) is 5.91 Å². The van der Waals surface area contributed by atoms with E-state index in [0.717, 1.165) is 53.9 Å². The number of thioether (sulfide) groups is 1. The summed E-state index contributed by atoms with van der Waals surface area (Å²) in [4.78, 5) is 19.0. The van der Waals surface area contributed by atoms with Gasteiger partial charge in [-0.25, -0.2) is 0 Å². The number of hydrogen-bond donors (Lipinski definition) is 1. The number of benzene rings is 1. The van der Waals surface area contributed by atoms with Gasteiger partial charge in [-0.05, 0) is 29.9 Å². The van der Waals surface area contributed by atoms with Crippen molar-refractivity contribution < 1.29 is 14.3 Å². The highest BCUT2D eigenvalue weighted by Gasteiger charge is 2.27. The van der Waals surface area contributed by atoms with E-state index in [1.54, 1.807) is 18.9 Å². The monoisotopic (exact) mass is 373 g/mol. The quantitative estimate of drug-likeness (QED) is 0.859. The summed E-state index contributed by atoms with van der Waals surface area (Å²) in [7, 11) is 1.65. The highest BCUT2D eigenvalue weighted by Crippen LogP contribution is 2.36. The molecule has 0 saturated carbocycles. The normalized spacial score (nSPS) is 21.1. The number of methoxy groups -OCH3 is 1. The Balaban J connectivity index is 1.29. The van der Waals surface area contributed by atoms with E-state index in [0.29, 0.717) is 19.6 Å². The van der Waals surface area contributed by atoms with E-state index in [2.05, 4.69) is 26.7 Å². The van der Waals surface area contributed by atoms with Gasteiger partial charge in [0.1, 0.15) is 0 Å². The van der Waals surface area contributed by atoms with Crippen LogP contribution in [0.25, 0.3) is 0 Å². The lowest BCUT2D eigenvalue weighted by molar-refractivity contribution is -0.120. The Hall–Kier alpha value is -2.15. The summed E-state index contributed by atoms with van der Waals surface area (Å²) in [5, 5.41) is 6.15. The average Bonchev–Trinajstić information content (AvgIpc) is 3.08. The second-order valence-corrected chi connectivity index (χ2v) is 7.54. The van der Waals surface area contributed by atoms with Crippen molar-refractivity contribution in [1.29, 1.82) is 0 Å². The van der Waals surface area contributed by atoms with E-state index in [-0.39, 0.29) is 11.8 Å². The molecule has 1 aromatic carbocycles. The van der Waals surface area contributed by atoms with Crippen LogP contribution in [0.4, 0.5) is 0 Å². The zero-order valence-electron chi connectivity index (χ0n) is 14.9. The fraction of sp³-hybridized carbons (Fsp3) is 0.474. The third-order valence-corrected chi connectivity index (χ3v) is 5.80. The lowest BCUT2D eigenvalue weighted by atomic mass is 9.96. The van der Waals surface area contributed by atoms with Crippen molar-refractivity contribution in [1.82, 2.24) is 10.2 Å². The standard InChI is InChI=1S/C19H23N3O3S/c1-24-16-5-2-4-14-8-13(11-25-18(14)16)10-21-17(23)9-15-12-26-19-20-6-3-7-22(15)19/h2,4-5,12-13H,3,6-11H2,1H3,(H,21,23)/t13-/m1/s1. The fourth-order valence-electron chi connectivity index (χ4n) is 3.51. The Morgan fingerprint density at radius 3 is 3.31 bits per heavy atom. The molecule has 0 saturated heterocycles. The van der Waals surface area contributed by atoms with Crippen LogP contribution in [0.1, 0.15) is 18.4 Å². The number of amidine groups is 1. The van der Waals surface area contributed by atoms with Crippen LogP contribution in [0.3, 0.4) is 0 Å². The van der Waals surface area contributed by atoms with E-state index in [1.165, 1.54) is 0 Å². The molecule has 6 nitrogen and oxygen atoms in total. The van der Waals surface area contributed by atoms with Crippen LogP contribution in [0.5, 0.6) is 11.5 Å². The summed E-state index contributed by atoms with van der Waals surface area (Å²) in [6.45, 7) is 3.06. The number of amides is 1. The highest BCUT2D eigenvalue weighted by molar-refractivity contribution is 8.16. The first-order valence-electron chi connectivity index (χ1n) is 8.97. The number of ether oxygens (including phenoxy) is 2. The maximum absolute atomic E-state index is 12.4. The van der Waals surface area contributed by atoms with E-state index in [9.17, 15) is 4.79 Å². The van der Waals surface area contributed by atoms with Crippen molar-refractivity contribution in [3.05, 3.63) is 34.9 Å². The van der Waals surface area contributed by atoms with E-state index in [1.807, 2.05) is 12.1 Å². The maximum atomic E-state index is 12.4. The SMILES string of the molecule is COc1cccc2c1OC[C@@H](CNC(=O)CC1=CSC3=NCCCN13)C2. The predicted octanol–water partition coefficient (Wildman–Crippen LogP) is 2.40. The molecule has 1 atom stereocenters. The lowest BCUT2D eigenvalue weighted by Crippen LogP contribution is -2.36. The minimum atomic E-state index is 0.0557. The van der Waals surface area contributed by atoms with Crippen LogP contribution in [0.2, 0.25) is 0 Å². The third-order valence-electron chi connectivity index (χ3n) is 4.85. The molecule has 0 aliphatic carbocycles. The Kier molecular flexibility index (Phi) is 5.06. The van der Waals surface area contributed by atoms with Crippen LogP contribution in [-0.2, 0) is 11.2 Å². The Morgan fingerprint density at radius 1 is 1.50 bits per heavy atom. The molecular formula is C19H23N3O3S. The molecule has 26 heavy (non-hydrogen) atoms.